The topological polar surface area (TPSA) is 243 Å². The Hall–Kier alpha value is -3.62. The third-order valence-corrected chi connectivity index (χ3v) is 8.55. The Balaban J connectivity index is 1.33. The molecule has 1 unspecified atom stereocenters. The molecule has 0 aromatic carbocycles. The number of methoxy groups -OCH3 is 1. The van der Waals surface area contributed by atoms with Crippen molar-refractivity contribution in [2.75, 3.05) is 26.1 Å². The first-order chi connectivity index (χ1) is 21.4. The van der Waals surface area contributed by atoms with Crippen molar-refractivity contribution < 1.29 is 47.2 Å². The Kier molecular flexibility index (Phi) is 9.75. The molecular formula is C24H30N7O12PS. The van der Waals surface area contributed by atoms with E-state index >= 15 is 0 Å². The molecule has 2 fully saturated rings. The highest BCUT2D eigenvalue weighted by molar-refractivity contribution is 8.07. The van der Waals surface area contributed by atoms with Crippen LogP contribution in [0.2, 0.25) is 0 Å². The molecular weight excluding hydrogens is 641 g/mol. The van der Waals surface area contributed by atoms with Gasteiger partial charge in [0.15, 0.2) is 17.7 Å². The number of esters is 2. The van der Waals surface area contributed by atoms with E-state index in [1.165, 1.54) is 39.8 Å². The van der Waals surface area contributed by atoms with Gasteiger partial charge in [0, 0.05) is 39.6 Å². The molecule has 0 spiro atoms. The monoisotopic (exact) mass is 671 g/mol. The van der Waals surface area contributed by atoms with Crippen molar-refractivity contribution in [3.63, 3.8) is 0 Å². The molecule has 0 amide bonds. The maximum absolute atomic E-state index is 12.5. The van der Waals surface area contributed by atoms with E-state index < -0.39 is 72.9 Å². The van der Waals surface area contributed by atoms with Gasteiger partial charge in [-0.15, -0.1) is 0 Å². The summed E-state index contributed by atoms with van der Waals surface area (Å²) in [7, 11) is 1.30. The highest BCUT2D eigenvalue weighted by atomic mass is 32.5. The minimum absolute atomic E-state index is 0.177. The van der Waals surface area contributed by atoms with Crippen molar-refractivity contribution in [3.05, 3.63) is 45.8 Å². The summed E-state index contributed by atoms with van der Waals surface area (Å²) in [4.78, 5) is 73.1. The number of ether oxygens (including phenoxy) is 5. The van der Waals surface area contributed by atoms with Crippen molar-refractivity contribution in [2.45, 2.75) is 63.2 Å². The number of hydrogen-bond donors (Lipinski definition) is 3. The molecule has 8 atom stereocenters. The Bertz CT molecular complexity index is 1730. The number of nitrogens with two attached hydrogens (primary N) is 1. The van der Waals surface area contributed by atoms with Gasteiger partial charge < -0.3 is 38.8 Å². The molecule has 2 aliphatic rings. The fraction of sp³-hybridized carbons (Fsp3) is 0.542. The van der Waals surface area contributed by atoms with Gasteiger partial charge in [-0.2, -0.15) is 0 Å². The van der Waals surface area contributed by atoms with Crippen LogP contribution in [-0.2, 0) is 54.1 Å². The lowest BCUT2D eigenvalue weighted by molar-refractivity contribution is -0.150. The molecule has 19 nitrogen and oxygen atoms in total. The first-order valence-corrected chi connectivity index (χ1v) is 16.0. The molecule has 4 N–H and O–H groups in total. The third-order valence-electron chi connectivity index (χ3n) is 6.99. The average molecular weight is 672 g/mol. The van der Waals surface area contributed by atoms with Crippen LogP contribution in [0.5, 0.6) is 0 Å². The number of nitrogen functional groups attached to an aromatic ring is 1. The number of aromatic nitrogens is 6. The smallest absolute Gasteiger partial charge is 0.330 e. The number of aromatic amines is 1. The van der Waals surface area contributed by atoms with E-state index in [9.17, 15) is 24.1 Å². The van der Waals surface area contributed by atoms with Crippen LogP contribution in [-0.4, -0.2) is 96.7 Å². The van der Waals surface area contributed by atoms with Gasteiger partial charge in [-0.25, -0.2) is 19.7 Å². The van der Waals surface area contributed by atoms with Gasteiger partial charge in [-0.3, -0.25) is 33.0 Å². The van der Waals surface area contributed by atoms with Gasteiger partial charge >= 0.3 is 24.3 Å². The molecule has 5 rings (SSSR count). The summed E-state index contributed by atoms with van der Waals surface area (Å²) in [5.74, 6) is -1.02. The zero-order valence-corrected chi connectivity index (χ0v) is 25.8. The van der Waals surface area contributed by atoms with E-state index in [0.29, 0.717) is 11.2 Å². The third kappa shape index (κ3) is 7.28. The normalized spacial score (nSPS) is 27.8. The van der Waals surface area contributed by atoms with Crippen LogP contribution in [0.3, 0.4) is 0 Å². The first-order valence-electron chi connectivity index (χ1n) is 13.4. The van der Waals surface area contributed by atoms with Crippen LogP contribution in [0.15, 0.2) is 34.5 Å². The Morgan fingerprint density at radius 2 is 1.91 bits per heavy atom. The molecule has 21 heteroatoms. The molecule has 0 bridgehead atoms. The fourth-order valence-electron chi connectivity index (χ4n) is 5.06. The van der Waals surface area contributed by atoms with Crippen LogP contribution in [0.1, 0.15) is 32.7 Å². The van der Waals surface area contributed by atoms with Crippen molar-refractivity contribution in [1.82, 2.24) is 29.1 Å². The maximum Gasteiger partial charge on any atom is 0.330 e. The molecule has 2 aliphatic heterocycles. The van der Waals surface area contributed by atoms with E-state index in [1.807, 2.05) is 0 Å². The number of nitrogens with zero attached hydrogens (tertiary/aromatic N) is 5. The van der Waals surface area contributed by atoms with E-state index in [4.69, 9.17) is 50.3 Å². The Morgan fingerprint density at radius 1 is 1.13 bits per heavy atom. The predicted molar refractivity (Wildman–Crippen MR) is 154 cm³/mol. The molecule has 5 heterocycles. The van der Waals surface area contributed by atoms with Crippen molar-refractivity contribution in [3.8, 4) is 0 Å². The second kappa shape index (κ2) is 13.4. The second-order valence-electron chi connectivity index (χ2n) is 10.0. The maximum atomic E-state index is 12.5. The number of anilines is 1. The zero-order valence-electron chi connectivity index (χ0n) is 24.1. The van der Waals surface area contributed by atoms with Crippen LogP contribution in [0, 0.1) is 0 Å². The van der Waals surface area contributed by atoms with E-state index in [2.05, 4.69) is 19.9 Å². The molecule has 0 saturated carbocycles. The Labute approximate surface area is 258 Å². The summed E-state index contributed by atoms with van der Waals surface area (Å²) >= 11 is 5.29. The van der Waals surface area contributed by atoms with Crippen LogP contribution in [0.25, 0.3) is 11.2 Å². The average Bonchev–Trinajstić information content (AvgIpc) is 3.66. The summed E-state index contributed by atoms with van der Waals surface area (Å²) in [5, 5.41) is 0. The molecule has 0 aliphatic carbocycles. The van der Waals surface area contributed by atoms with Crippen molar-refractivity contribution in [1.29, 1.82) is 0 Å². The molecule has 244 valence electrons. The van der Waals surface area contributed by atoms with Gasteiger partial charge in [0.2, 0.25) is 0 Å². The summed E-state index contributed by atoms with van der Waals surface area (Å²) in [5.41, 5.74) is 5.22. The van der Waals surface area contributed by atoms with Gasteiger partial charge in [0.05, 0.1) is 12.9 Å². The number of rotatable bonds is 11. The van der Waals surface area contributed by atoms with Crippen molar-refractivity contribution in [2.24, 2.45) is 0 Å². The van der Waals surface area contributed by atoms with Crippen molar-refractivity contribution >= 4 is 47.4 Å². The molecule has 2 saturated heterocycles. The molecule has 0 radical (unpaired) electrons. The van der Waals surface area contributed by atoms with Gasteiger partial charge in [-0.1, -0.05) is 0 Å². The number of imidazole rings is 1. The number of fused-ring (bicyclic) bond motifs is 1. The number of carbonyl (C=O) groups excluding carboxylic acids is 2. The Morgan fingerprint density at radius 3 is 2.60 bits per heavy atom. The lowest BCUT2D eigenvalue weighted by atomic mass is 10.1. The molecule has 45 heavy (non-hydrogen) atoms. The molecule has 3 aromatic heterocycles. The fourth-order valence-corrected chi connectivity index (χ4v) is 6.50. The summed E-state index contributed by atoms with van der Waals surface area (Å²) in [6.45, 7) is -2.43. The van der Waals surface area contributed by atoms with E-state index in [-0.39, 0.29) is 25.5 Å². The van der Waals surface area contributed by atoms with Gasteiger partial charge in [0.25, 0.3) is 5.56 Å². The minimum Gasteiger partial charge on any atom is -0.463 e. The highest BCUT2D eigenvalue weighted by Crippen LogP contribution is 2.50. The number of H-pyrrole nitrogens is 1. The zero-order chi connectivity index (χ0) is 32.5. The van der Waals surface area contributed by atoms with E-state index in [1.54, 1.807) is 4.57 Å². The second-order valence-corrected chi connectivity index (χ2v) is 12.8. The molecule has 3 aromatic rings. The van der Waals surface area contributed by atoms with E-state index in [0.717, 1.165) is 10.6 Å². The lowest BCUT2D eigenvalue weighted by Crippen LogP contribution is -2.40. The number of nitrogens with one attached hydrogen (secondary N) is 1. The number of hydrogen-bond acceptors (Lipinski definition) is 16. The van der Waals surface area contributed by atoms with Crippen LogP contribution in [0.4, 0.5) is 5.82 Å². The predicted octanol–water partition coefficient (Wildman–Crippen LogP) is -0.728. The van der Waals surface area contributed by atoms with Gasteiger partial charge in [-0.05, 0) is 11.8 Å². The standard InChI is InChI=1S/C24H30N7O12PS/c1-11(32)38-7-15-19(20(37-3)23(42-15)30-5-4-16(34)29-24(30)35)43-44(36,45)39-8-14-13(40-12(2)33)6-17(41-14)31-10-28-18-21(25)26-9-27-22(18)31/h4-5,9-10,13-15,17,19-20,23H,6-8H2,1-3H3,(H,36,45)(H2,25,26,27)(H,29,34,35)/t13-,14-,15-,17-,19+,20+,23-,44?/m1/s1. The summed E-state index contributed by atoms with van der Waals surface area (Å²) in [6.07, 6.45) is -2.85. The highest BCUT2D eigenvalue weighted by Gasteiger charge is 2.50. The number of carbonyl (C=O) groups is 2. The van der Waals surface area contributed by atoms with Crippen LogP contribution < -0.4 is 17.0 Å². The van der Waals surface area contributed by atoms with Crippen LogP contribution >= 0.6 is 6.72 Å². The largest absolute Gasteiger partial charge is 0.463 e. The minimum atomic E-state index is -4.14. The van der Waals surface area contributed by atoms with Gasteiger partial charge in [0.1, 0.15) is 55.2 Å². The summed E-state index contributed by atoms with van der Waals surface area (Å²) in [6, 6.07) is 1.11. The lowest BCUT2D eigenvalue weighted by Gasteiger charge is -2.28. The first kappa shape index (κ1) is 32.8. The SMILES string of the molecule is CO[C@H]1[C@@H](OP(O)(=S)OC[C@H]2O[C@@H](n3cnc4c(N)ncnc43)C[C@H]2OC(C)=O)[C@@H](COC(C)=O)O[C@H]1n1ccc(=O)[nH]c1=O. The summed E-state index contributed by atoms with van der Waals surface area (Å²) < 4.78 is 42.3. The quantitative estimate of drug-likeness (QED) is 0.168.